The molecule has 0 aromatic rings. The monoisotopic (exact) mass is 277 g/mol. The number of halogens is 1. The standard InChI is InChI=1S/C8H12IN3/c9-5-8(11)12-3-1-7(6-10)2-4-12/h7,11H,1-5H2. The zero-order chi connectivity index (χ0) is 8.97. The van der Waals surface area contributed by atoms with E-state index >= 15 is 0 Å². The molecule has 1 N–H and O–H groups in total. The number of piperidine rings is 1. The molecule has 0 unspecified atom stereocenters. The second-order valence-electron chi connectivity index (χ2n) is 2.97. The number of amidine groups is 1. The van der Waals surface area contributed by atoms with Crippen molar-refractivity contribution < 1.29 is 0 Å². The Hall–Kier alpha value is -0.310. The summed E-state index contributed by atoms with van der Waals surface area (Å²) in [7, 11) is 0. The van der Waals surface area contributed by atoms with E-state index < -0.39 is 0 Å². The Morgan fingerprint density at radius 1 is 1.58 bits per heavy atom. The Morgan fingerprint density at radius 2 is 2.17 bits per heavy atom. The van der Waals surface area contributed by atoms with Crippen LogP contribution in [0.25, 0.3) is 0 Å². The van der Waals surface area contributed by atoms with Crippen molar-refractivity contribution in [2.45, 2.75) is 12.8 Å². The van der Waals surface area contributed by atoms with E-state index in [1.165, 1.54) is 0 Å². The lowest BCUT2D eigenvalue weighted by Crippen LogP contribution is -2.38. The molecule has 3 nitrogen and oxygen atoms in total. The van der Waals surface area contributed by atoms with Gasteiger partial charge in [-0.1, -0.05) is 22.6 Å². The smallest absolute Gasteiger partial charge is 0.106 e. The topological polar surface area (TPSA) is 50.9 Å². The van der Waals surface area contributed by atoms with Crippen LogP contribution in [0.5, 0.6) is 0 Å². The molecule has 1 heterocycles. The largest absolute Gasteiger partial charge is 0.360 e. The Kier molecular flexibility index (Phi) is 3.79. The van der Waals surface area contributed by atoms with Crippen LogP contribution in [0.4, 0.5) is 0 Å². The lowest BCUT2D eigenvalue weighted by atomic mass is 9.99. The molecule has 0 atom stereocenters. The third-order valence-corrected chi connectivity index (χ3v) is 2.91. The number of hydrogen-bond donors (Lipinski definition) is 1. The minimum absolute atomic E-state index is 0.225. The van der Waals surface area contributed by atoms with Gasteiger partial charge in [0.25, 0.3) is 0 Å². The van der Waals surface area contributed by atoms with Crippen LogP contribution in [-0.4, -0.2) is 28.3 Å². The first-order valence-corrected chi connectivity index (χ1v) is 5.58. The predicted molar refractivity (Wildman–Crippen MR) is 56.5 cm³/mol. The molecule has 0 spiro atoms. The fraction of sp³-hybridized carbons (Fsp3) is 0.750. The molecule has 0 bridgehead atoms. The summed E-state index contributed by atoms with van der Waals surface area (Å²) in [5, 5.41) is 16.2. The first-order valence-electron chi connectivity index (χ1n) is 4.06. The molecule has 1 aliphatic heterocycles. The first-order chi connectivity index (χ1) is 5.77. The molecule has 1 aliphatic rings. The van der Waals surface area contributed by atoms with Crippen molar-refractivity contribution in [2.75, 3.05) is 17.5 Å². The van der Waals surface area contributed by atoms with Crippen molar-refractivity contribution in [1.29, 1.82) is 10.7 Å². The number of hydrogen-bond acceptors (Lipinski definition) is 2. The van der Waals surface area contributed by atoms with E-state index in [0.29, 0.717) is 5.84 Å². The molecule has 1 fully saturated rings. The number of nitrogens with one attached hydrogen (secondary N) is 1. The van der Waals surface area contributed by atoms with Crippen molar-refractivity contribution in [3.63, 3.8) is 0 Å². The second-order valence-corrected chi connectivity index (χ2v) is 3.73. The van der Waals surface area contributed by atoms with Crippen LogP contribution in [0.2, 0.25) is 0 Å². The lowest BCUT2D eigenvalue weighted by Gasteiger charge is -2.30. The molecule has 66 valence electrons. The number of nitriles is 1. The quantitative estimate of drug-likeness (QED) is 0.343. The summed E-state index contributed by atoms with van der Waals surface area (Å²) < 4.78 is 0.773. The fourth-order valence-electron chi connectivity index (χ4n) is 1.36. The summed E-state index contributed by atoms with van der Waals surface area (Å²) in [5.74, 6) is 0.926. The van der Waals surface area contributed by atoms with E-state index in [1.54, 1.807) is 0 Å². The molecule has 0 aromatic carbocycles. The predicted octanol–water partition coefficient (Wildman–Crippen LogP) is 1.63. The van der Waals surface area contributed by atoms with Gasteiger partial charge in [0, 0.05) is 19.0 Å². The highest BCUT2D eigenvalue weighted by atomic mass is 127. The van der Waals surface area contributed by atoms with Gasteiger partial charge >= 0.3 is 0 Å². The van der Waals surface area contributed by atoms with Crippen LogP contribution in [0.15, 0.2) is 0 Å². The molecule has 0 radical (unpaired) electrons. The minimum atomic E-state index is 0.225. The van der Waals surface area contributed by atoms with E-state index in [0.717, 1.165) is 30.4 Å². The Bertz CT molecular complexity index is 201. The molecule has 0 aromatic heterocycles. The molecular weight excluding hydrogens is 265 g/mol. The van der Waals surface area contributed by atoms with E-state index in [-0.39, 0.29) is 5.92 Å². The highest BCUT2D eigenvalue weighted by molar-refractivity contribution is 14.1. The minimum Gasteiger partial charge on any atom is -0.360 e. The van der Waals surface area contributed by atoms with Gasteiger partial charge in [0.1, 0.15) is 5.84 Å². The van der Waals surface area contributed by atoms with Crippen molar-refractivity contribution >= 4 is 28.4 Å². The highest BCUT2D eigenvalue weighted by Crippen LogP contribution is 2.16. The Balaban J connectivity index is 2.37. The zero-order valence-corrected chi connectivity index (χ0v) is 9.04. The van der Waals surface area contributed by atoms with E-state index in [4.69, 9.17) is 10.7 Å². The average Bonchev–Trinajstić information content (AvgIpc) is 2.17. The molecule has 0 saturated carbocycles. The van der Waals surface area contributed by atoms with E-state index in [2.05, 4.69) is 33.6 Å². The molecule has 1 saturated heterocycles. The first kappa shape index (κ1) is 9.78. The molecular formula is C8H12IN3. The SMILES string of the molecule is N#CC1CCN(C(=N)CI)CC1. The van der Waals surface area contributed by atoms with Crippen LogP contribution in [0.1, 0.15) is 12.8 Å². The van der Waals surface area contributed by atoms with Gasteiger partial charge in [-0.25, -0.2) is 0 Å². The summed E-state index contributed by atoms with van der Waals surface area (Å²) >= 11 is 2.20. The van der Waals surface area contributed by atoms with Crippen molar-refractivity contribution in [1.82, 2.24) is 4.90 Å². The summed E-state index contributed by atoms with van der Waals surface area (Å²) in [6, 6.07) is 2.28. The van der Waals surface area contributed by atoms with E-state index in [9.17, 15) is 0 Å². The van der Waals surface area contributed by atoms with Gasteiger partial charge < -0.3 is 4.90 Å². The number of alkyl halides is 1. The number of nitrogens with zero attached hydrogens (tertiary/aromatic N) is 2. The van der Waals surface area contributed by atoms with E-state index in [1.807, 2.05) is 0 Å². The van der Waals surface area contributed by atoms with Crippen LogP contribution in [0, 0.1) is 22.7 Å². The van der Waals surface area contributed by atoms with Gasteiger partial charge in [0.05, 0.1) is 10.5 Å². The maximum absolute atomic E-state index is 8.65. The normalized spacial score (nSPS) is 18.8. The fourth-order valence-corrected chi connectivity index (χ4v) is 1.85. The molecule has 0 amide bonds. The Labute approximate surface area is 86.4 Å². The maximum Gasteiger partial charge on any atom is 0.106 e. The van der Waals surface area contributed by atoms with Gasteiger partial charge in [-0.2, -0.15) is 5.26 Å². The van der Waals surface area contributed by atoms with Crippen LogP contribution < -0.4 is 0 Å². The average molecular weight is 277 g/mol. The third-order valence-electron chi connectivity index (χ3n) is 2.19. The molecule has 1 rings (SSSR count). The van der Waals surface area contributed by atoms with Crippen molar-refractivity contribution in [3.05, 3.63) is 0 Å². The van der Waals surface area contributed by atoms with Crippen LogP contribution in [-0.2, 0) is 0 Å². The molecule has 12 heavy (non-hydrogen) atoms. The van der Waals surface area contributed by atoms with Gasteiger partial charge in [0.2, 0.25) is 0 Å². The van der Waals surface area contributed by atoms with Gasteiger partial charge in [-0.15, -0.1) is 0 Å². The van der Waals surface area contributed by atoms with Crippen LogP contribution in [0.3, 0.4) is 0 Å². The number of likely N-dealkylation sites (tertiary alicyclic amines) is 1. The van der Waals surface area contributed by atoms with Crippen molar-refractivity contribution in [3.8, 4) is 6.07 Å². The summed E-state index contributed by atoms with van der Waals surface area (Å²) in [6.45, 7) is 1.78. The molecule has 4 heteroatoms. The van der Waals surface area contributed by atoms with Crippen molar-refractivity contribution in [2.24, 2.45) is 5.92 Å². The van der Waals surface area contributed by atoms with Gasteiger partial charge in [-0.3, -0.25) is 5.41 Å². The summed E-state index contributed by atoms with van der Waals surface area (Å²) in [6.07, 6.45) is 1.85. The van der Waals surface area contributed by atoms with Gasteiger partial charge in [-0.05, 0) is 12.8 Å². The van der Waals surface area contributed by atoms with Gasteiger partial charge in [0.15, 0.2) is 0 Å². The summed E-state index contributed by atoms with van der Waals surface area (Å²) in [4.78, 5) is 2.07. The molecule has 0 aliphatic carbocycles. The maximum atomic E-state index is 8.65. The summed E-state index contributed by atoms with van der Waals surface area (Å²) in [5.41, 5.74) is 0. The number of rotatable bonds is 1. The third kappa shape index (κ3) is 2.34. The second kappa shape index (κ2) is 4.65. The Morgan fingerprint density at radius 3 is 2.58 bits per heavy atom. The van der Waals surface area contributed by atoms with Crippen LogP contribution >= 0.6 is 22.6 Å². The lowest BCUT2D eigenvalue weighted by molar-refractivity contribution is 0.301. The highest BCUT2D eigenvalue weighted by Gasteiger charge is 2.19. The zero-order valence-electron chi connectivity index (χ0n) is 6.89.